The predicted octanol–water partition coefficient (Wildman–Crippen LogP) is 3.50. The quantitative estimate of drug-likeness (QED) is 0.897. The van der Waals surface area contributed by atoms with Gasteiger partial charge in [-0.15, -0.1) is 12.4 Å². The van der Waals surface area contributed by atoms with Crippen LogP contribution >= 0.6 is 35.6 Å². The van der Waals surface area contributed by atoms with Crippen LogP contribution < -0.4 is 10.6 Å². The molecule has 18 heavy (non-hydrogen) atoms. The molecule has 0 spiro atoms. The van der Waals surface area contributed by atoms with Gasteiger partial charge < -0.3 is 10.6 Å². The Morgan fingerprint density at radius 1 is 1.39 bits per heavy atom. The second-order valence-corrected chi connectivity index (χ2v) is 4.99. The molecular formula is C12H15Cl3N2O. The number of nitrogens with one attached hydrogen (secondary N) is 2. The van der Waals surface area contributed by atoms with E-state index in [-0.39, 0.29) is 18.3 Å². The smallest absolute Gasteiger partial charge is 0.225 e. The van der Waals surface area contributed by atoms with Gasteiger partial charge >= 0.3 is 0 Å². The summed E-state index contributed by atoms with van der Waals surface area (Å²) in [5.74, 6) is 0.00258. The topological polar surface area (TPSA) is 41.1 Å². The van der Waals surface area contributed by atoms with E-state index in [1.165, 1.54) is 0 Å². The molecule has 1 heterocycles. The number of amides is 1. The highest BCUT2D eigenvalue weighted by Gasteiger charge is 2.17. The number of benzene rings is 1. The van der Waals surface area contributed by atoms with Crippen LogP contribution in [0.3, 0.4) is 0 Å². The van der Waals surface area contributed by atoms with Gasteiger partial charge in [-0.25, -0.2) is 0 Å². The summed E-state index contributed by atoms with van der Waals surface area (Å²) in [4.78, 5) is 11.7. The van der Waals surface area contributed by atoms with Gasteiger partial charge in [0, 0.05) is 18.2 Å². The van der Waals surface area contributed by atoms with E-state index >= 15 is 0 Å². The largest absolute Gasteiger partial charge is 0.326 e. The third kappa shape index (κ3) is 4.32. The minimum Gasteiger partial charge on any atom is -0.326 e. The van der Waals surface area contributed by atoms with Crippen LogP contribution in [-0.2, 0) is 4.79 Å². The van der Waals surface area contributed by atoms with Crippen molar-refractivity contribution >= 4 is 47.2 Å². The van der Waals surface area contributed by atoms with E-state index in [9.17, 15) is 4.79 Å². The summed E-state index contributed by atoms with van der Waals surface area (Å²) >= 11 is 11.7. The van der Waals surface area contributed by atoms with E-state index in [0.717, 1.165) is 19.4 Å². The van der Waals surface area contributed by atoms with E-state index < -0.39 is 0 Å². The number of hydrogen-bond donors (Lipinski definition) is 2. The molecule has 1 unspecified atom stereocenters. The number of carbonyl (C=O) groups is 1. The van der Waals surface area contributed by atoms with E-state index in [1.807, 2.05) is 0 Å². The summed E-state index contributed by atoms with van der Waals surface area (Å²) < 4.78 is 0. The molecular weight excluding hydrogens is 295 g/mol. The average molecular weight is 310 g/mol. The number of rotatable bonds is 3. The third-order valence-corrected chi connectivity index (χ3v) is 3.54. The normalized spacial score (nSPS) is 18.2. The predicted molar refractivity (Wildman–Crippen MR) is 78.0 cm³/mol. The van der Waals surface area contributed by atoms with Gasteiger partial charge in [0.15, 0.2) is 0 Å². The highest BCUT2D eigenvalue weighted by atomic mass is 35.5. The van der Waals surface area contributed by atoms with Gasteiger partial charge in [0.25, 0.3) is 0 Å². The standard InChI is InChI=1S/C12H14Cl2N2O.ClH/c13-10-4-3-9(6-11(10)14)16-12(17)7-8-2-1-5-15-8;/h3-4,6,8,15H,1-2,5,7H2,(H,16,17);1H. The Morgan fingerprint density at radius 2 is 2.17 bits per heavy atom. The van der Waals surface area contributed by atoms with Crippen LogP contribution in [0.2, 0.25) is 10.0 Å². The van der Waals surface area contributed by atoms with Crippen molar-refractivity contribution in [3.05, 3.63) is 28.2 Å². The van der Waals surface area contributed by atoms with E-state index in [0.29, 0.717) is 28.2 Å². The van der Waals surface area contributed by atoms with Crippen molar-refractivity contribution in [1.82, 2.24) is 5.32 Å². The van der Waals surface area contributed by atoms with Gasteiger partial charge in [-0.3, -0.25) is 4.79 Å². The molecule has 1 saturated heterocycles. The van der Waals surface area contributed by atoms with Crippen LogP contribution in [0, 0.1) is 0 Å². The van der Waals surface area contributed by atoms with Gasteiger partial charge in [-0.1, -0.05) is 23.2 Å². The molecule has 3 nitrogen and oxygen atoms in total. The number of hydrogen-bond acceptors (Lipinski definition) is 2. The zero-order valence-electron chi connectivity index (χ0n) is 9.71. The van der Waals surface area contributed by atoms with Gasteiger partial charge in [0.2, 0.25) is 5.91 Å². The van der Waals surface area contributed by atoms with Crippen molar-refractivity contribution in [3.8, 4) is 0 Å². The maximum atomic E-state index is 11.7. The molecule has 1 aromatic rings. The van der Waals surface area contributed by atoms with Crippen LogP contribution in [0.4, 0.5) is 5.69 Å². The first-order valence-electron chi connectivity index (χ1n) is 5.63. The van der Waals surface area contributed by atoms with Crippen molar-refractivity contribution in [2.45, 2.75) is 25.3 Å². The molecule has 0 bridgehead atoms. The molecule has 1 aliphatic heterocycles. The summed E-state index contributed by atoms with van der Waals surface area (Å²) in [7, 11) is 0. The molecule has 1 aliphatic rings. The Morgan fingerprint density at radius 3 is 2.78 bits per heavy atom. The lowest BCUT2D eigenvalue weighted by molar-refractivity contribution is -0.116. The van der Waals surface area contributed by atoms with Crippen LogP contribution in [-0.4, -0.2) is 18.5 Å². The Balaban J connectivity index is 0.00000162. The second kappa shape index (κ2) is 7.19. The molecule has 0 radical (unpaired) electrons. The Hall–Kier alpha value is -0.480. The van der Waals surface area contributed by atoms with Gasteiger partial charge in [0.1, 0.15) is 0 Å². The maximum absolute atomic E-state index is 11.7. The van der Waals surface area contributed by atoms with E-state index in [1.54, 1.807) is 18.2 Å². The maximum Gasteiger partial charge on any atom is 0.225 e. The van der Waals surface area contributed by atoms with E-state index in [2.05, 4.69) is 10.6 Å². The zero-order valence-corrected chi connectivity index (χ0v) is 12.0. The molecule has 1 amide bonds. The summed E-state index contributed by atoms with van der Waals surface area (Å²) in [6.45, 7) is 1.00. The fourth-order valence-electron chi connectivity index (χ4n) is 1.94. The average Bonchev–Trinajstić information content (AvgIpc) is 2.76. The van der Waals surface area contributed by atoms with Crippen LogP contribution in [0.25, 0.3) is 0 Å². The highest BCUT2D eigenvalue weighted by molar-refractivity contribution is 6.42. The summed E-state index contributed by atoms with van der Waals surface area (Å²) in [5.41, 5.74) is 0.683. The minimum atomic E-state index is 0. The summed E-state index contributed by atoms with van der Waals surface area (Å²) in [6, 6.07) is 5.38. The Labute approximate surface area is 123 Å². The molecule has 1 aromatic carbocycles. The number of anilines is 1. The Kier molecular flexibility index (Phi) is 6.22. The van der Waals surface area contributed by atoms with E-state index in [4.69, 9.17) is 23.2 Å². The van der Waals surface area contributed by atoms with Crippen LogP contribution in [0.1, 0.15) is 19.3 Å². The van der Waals surface area contributed by atoms with Gasteiger partial charge in [-0.05, 0) is 37.6 Å². The highest BCUT2D eigenvalue weighted by Crippen LogP contribution is 2.25. The minimum absolute atomic E-state index is 0. The lowest BCUT2D eigenvalue weighted by atomic mass is 10.1. The zero-order chi connectivity index (χ0) is 12.3. The summed E-state index contributed by atoms with van der Waals surface area (Å²) in [6.07, 6.45) is 2.71. The van der Waals surface area contributed by atoms with Gasteiger partial charge in [0.05, 0.1) is 10.0 Å². The molecule has 1 atom stereocenters. The second-order valence-electron chi connectivity index (χ2n) is 4.17. The van der Waals surface area contributed by atoms with Crippen molar-refractivity contribution in [1.29, 1.82) is 0 Å². The van der Waals surface area contributed by atoms with Crippen molar-refractivity contribution in [2.75, 3.05) is 11.9 Å². The first kappa shape index (κ1) is 15.6. The molecule has 2 rings (SSSR count). The van der Waals surface area contributed by atoms with Crippen molar-refractivity contribution in [2.24, 2.45) is 0 Å². The molecule has 0 saturated carbocycles. The van der Waals surface area contributed by atoms with Gasteiger partial charge in [-0.2, -0.15) is 0 Å². The number of halogens is 3. The molecule has 0 aromatic heterocycles. The monoisotopic (exact) mass is 308 g/mol. The lowest BCUT2D eigenvalue weighted by Gasteiger charge is -2.10. The first-order valence-corrected chi connectivity index (χ1v) is 6.39. The molecule has 2 N–H and O–H groups in total. The fraction of sp³-hybridized carbons (Fsp3) is 0.417. The van der Waals surface area contributed by atoms with Crippen LogP contribution in [0.15, 0.2) is 18.2 Å². The molecule has 6 heteroatoms. The molecule has 100 valence electrons. The Bertz CT molecular complexity index is 420. The SMILES string of the molecule is Cl.O=C(CC1CCCN1)Nc1ccc(Cl)c(Cl)c1. The summed E-state index contributed by atoms with van der Waals surface area (Å²) in [5, 5.41) is 7.04. The first-order chi connectivity index (χ1) is 8.15. The van der Waals surface area contributed by atoms with Crippen molar-refractivity contribution < 1.29 is 4.79 Å². The van der Waals surface area contributed by atoms with Crippen LogP contribution in [0.5, 0.6) is 0 Å². The third-order valence-electron chi connectivity index (χ3n) is 2.80. The molecule has 0 aliphatic carbocycles. The lowest BCUT2D eigenvalue weighted by Crippen LogP contribution is -2.27. The molecule has 1 fully saturated rings. The number of carbonyl (C=O) groups excluding carboxylic acids is 1. The van der Waals surface area contributed by atoms with Crippen molar-refractivity contribution in [3.63, 3.8) is 0 Å². The fourth-order valence-corrected chi connectivity index (χ4v) is 2.24.